The van der Waals surface area contributed by atoms with E-state index in [1.165, 1.54) is 121 Å². The van der Waals surface area contributed by atoms with E-state index in [1.54, 1.807) is 0 Å². The minimum absolute atomic E-state index is 1.23. The fraction of sp³-hybridized carbons (Fsp3) is 0.0400. The lowest BCUT2D eigenvalue weighted by molar-refractivity contribution is 1.40. The SMILES string of the molecule is Cc1ccc(C)c(-c2c3c(c(-c4ccccc4-c4ccccc4)c4ccccc24)-c2ccc4c5cccc6cccc(c7ccc-3c2c74)c65)c1. The van der Waals surface area contributed by atoms with E-state index in [4.69, 9.17) is 0 Å². The molecule has 0 radical (unpaired) electrons. The molecule has 11 rings (SSSR count). The zero-order chi connectivity index (χ0) is 33.1. The van der Waals surface area contributed by atoms with Crippen LogP contribution in [0.5, 0.6) is 0 Å². The summed E-state index contributed by atoms with van der Waals surface area (Å²) >= 11 is 0. The molecule has 0 heteroatoms. The van der Waals surface area contributed by atoms with Gasteiger partial charge in [-0.1, -0.05) is 163 Å². The smallest absolute Gasteiger partial charge is 0.000718 e. The van der Waals surface area contributed by atoms with Gasteiger partial charge in [-0.2, -0.15) is 0 Å². The maximum atomic E-state index is 2.43. The van der Waals surface area contributed by atoms with Gasteiger partial charge in [0.25, 0.3) is 0 Å². The number of hydrogen-bond donors (Lipinski definition) is 0. The maximum absolute atomic E-state index is 2.43. The van der Waals surface area contributed by atoms with Crippen molar-refractivity contribution in [1.29, 1.82) is 0 Å². The standard InChI is InChI=1S/C50H32/c1-29-22-23-30(2)43(28-29)47-38-19-9-8-18-37(38)46(34-17-7-6-16-33(34)31-12-4-3-5-13-31)49-41-26-24-39-35-20-10-14-32-15-11-21-36(44(32)35)40-25-27-42(50(47)49)48(41)45(39)40/h3-28H,1-2H3. The second-order valence-corrected chi connectivity index (χ2v) is 14.1. The Morgan fingerprint density at radius 3 is 1.50 bits per heavy atom. The van der Waals surface area contributed by atoms with Gasteiger partial charge >= 0.3 is 0 Å². The third kappa shape index (κ3) is 3.60. The molecule has 10 aromatic carbocycles. The summed E-state index contributed by atoms with van der Waals surface area (Å²) in [6.07, 6.45) is 0. The van der Waals surface area contributed by atoms with Crippen LogP contribution in [0.1, 0.15) is 11.1 Å². The summed E-state index contributed by atoms with van der Waals surface area (Å²) < 4.78 is 0. The molecule has 0 fully saturated rings. The average Bonchev–Trinajstić information content (AvgIpc) is 3.50. The van der Waals surface area contributed by atoms with Crippen LogP contribution >= 0.6 is 0 Å². The lowest BCUT2D eigenvalue weighted by atomic mass is 9.80. The van der Waals surface area contributed by atoms with Gasteiger partial charge in [-0.05, 0) is 129 Å². The van der Waals surface area contributed by atoms with Gasteiger partial charge in [-0.15, -0.1) is 0 Å². The van der Waals surface area contributed by atoms with Crippen LogP contribution in [-0.4, -0.2) is 0 Å². The molecule has 0 bridgehead atoms. The second-order valence-electron chi connectivity index (χ2n) is 14.1. The van der Waals surface area contributed by atoms with Gasteiger partial charge < -0.3 is 0 Å². The van der Waals surface area contributed by atoms with Crippen molar-refractivity contribution in [3.8, 4) is 55.6 Å². The average molecular weight is 633 g/mol. The fourth-order valence-corrected chi connectivity index (χ4v) is 9.26. The van der Waals surface area contributed by atoms with Gasteiger partial charge in [0.15, 0.2) is 0 Å². The van der Waals surface area contributed by atoms with Crippen LogP contribution < -0.4 is 0 Å². The molecule has 0 aromatic heterocycles. The van der Waals surface area contributed by atoms with Crippen LogP contribution in [0.15, 0.2) is 158 Å². The molecule has 0 amide bonds. The Labute approximate surface area is 291 Å². The maximum Gasteiger partial charge on any atom is -0.000718 e. The second kappa shape index (κ2) is 10.1. The van der Waals surface area contributed by atoms with Crippen molar-refractivity contribution in [2.75, 3.05) is 0 Å². The fourth-order valence-electron chi connectivity index (χ4n) is 9.26. The van der Waals surface area contributed by atoms with Crippen LogP contribution in [0.3, 0.4) is 0 Å². The number of hydrogen-bond acceptors (Lipinski definition) is 0. The van der Waals surface area contributed by atoms with Gasteiger partial charge in [0.1, 0.15) is 0 Å². The molecule has 0 atom stereocenters. The molecule has 1 aliphatic carbocycles. The highest BCUT2D eigenvalue weighted by atomic mass is 14.3. The Hall–Kier alpha value is -6.24. The first-order chi connectivity index (χ1) is 24.7. The highest BCUT2D eigenvalue weighted by Gasteiger charge is 2.33. The Bertz CT molecular complexity index is 2980. The van der Waals surface area contributed by atoms with E-state index in [2.05, 4.69) is 172 Å². The molecule has 0 N–H and O–H groups in total. The normalized spacial score (nSPS) is 12.2. The molecule has 0 saturated carbocycles. The zero-order valence-corrected chi connectivity index (χ0v) is 28.0. The van der Waals surface area contributed by atoms with E-state index in [-0.39, 0.29) is 0 Å². The van der Waals surface area contributed by atoms with Crippen LogP contribution in [0.2, 0.25) is 0 Å². The van der Waals surface area contributed by atoms with E-state index in [0.29, 0.717) is 0 Å². The summed E-state index contributed by atoms with van der Waals surface area (Å²) in [5.41, 5.74) is 15.7. The van der Waals surface area contributed by atoms with Crippen molar-refractivity contribution in [1.82, 2.24) is 0 Å². The molecule has 0 heterocycles. The van der Waals surface area contributed by atoms with Gasteiger partial charge in [0.2, 0.25) is 0 Å². The number of fused-ring (bicyclic) bond motifs is 6. The van der Waals surface area contributed by atoms with Gasteiger partial charge in [-0.25, -0.2) is 0 Å². The summed E-state index contributed by atoms with van der Waals surface area (Å²) in [5.74, 6) is 0. The molecule has 0 unspecified atom stereocenters. The largest absolute Gasteiger partial charge is 0.0622 e. The third-order valence-electron chi connectivity index (χ3n) is 11.3. The van der Waals surface area contributed by atoms with Gasteiger partial charge in [-0.3, -0.25) is 0 Å². The van der Waals surface area contributed by atoms with Crippen molar-refractivity contribution < 1.29 is 0 Å². The van der Waals surface area contributed by atoms with E-state index >= 15 is 0 Å². The Morgan fingerprint density at radius 1 is 0.300 bits per heavy atom. The summed E-state index contributed by atoms with van der Waals surface area (Å²) in [6.45, 7) is 4.48. The zero-order valence-electron chi connectivity index (χ0n) is 28.0. The molecule has 0 saturated heterocycles. The highest BCUT2D eigenvalue weighted by molar-refractivity contribution is 6.39. The van der Waals surface area contributed by atoms with Gasteiger partial charge in [0.05, 0.1) is 0 Å². The van der Waals surface area contributed by atoms with E-state index in [1.807, 2.05) is 0 Å². The van der Waals surface area contributed by atoms with Crippen molar-refractivity contribution in [3.05, 3.63) is 169 Å². The van der Waals surface area contributed by atoms with Crippen LogP contribution in [0.4, 0.5) is 0 Å². The van der Waals surface area contributed by atoms with E-state index in [0.717, 1.165) is 0 Å². The Balaban J connectivity index is 1.38. The summed E-state index contributed by atoms with van der Waals surface area (Å²) in [4.78, 5) is 0. The highest BCUT2D eigenvalue weighted by Crippen LogP contribution is 2.60. The van der Waals surface area contributed by atoms with Crippen molar-refractivity contribution in [2.45, 2.75) is 13.8 Å². The topological polar surface area (TPSA) is 0 Å². The number of aryl methyl sites for hydroxylation is 2. The predicted molar refractivity (Wildman–Crippen MR) is 215 cm³/mol. The van der Waals surface area contributed by atoms with Crippen LogP contribution in [0.25, 0.3) is 109 Å². The lowest BCUT2D eigenvalue weighted by Crippen LogP contribution is -1.96. The van der Waals surface area contributed by atoms with Crippen LogP contribution in [-0.2, 0) is 0 Å². The molecule has 0 spiro atoms. The lowest BCUT2D eigenvalue weighted by Gasteiger charge is -2.23. The van der Waals surface area contributed by atoms with E-state index in [9.17, 15) is 0 Å². The molecule has 1 aliphatic rings. The van der Waals surface area contributed by atoms with E-state index < -0.39 is 0 Å². The Kier molecular flexibility index (Phi) is 5.61. The molecule has 232 valence electrons. The molecular weight excluding hydrogens is 601 g/mol. The first-order valence-electron chi connectivity index (χ1n) is 17.6. The van der Waals surface area contributed by atoms with Crippen molar-refractivity contribution in [2.24, 2.45) is 0 Å². The summed E-state index contributed by atoms with van der Waals surface area (Å²) in [7, 11) is 0. The molecule has 0 nitrogen and oxygen atoms in total. The number of rotatable bonds is 3. The van der Waals surface area contributed by atoms with Gasteiger partial charge in [0, 0.05) is 0 Å². The Morgan fingerprint density at radius 2 is 0.840 bits per heavy atom. The number of benzene rings is 10. The summed E-state index contributed by atoms with van der Waals surface area (Å²) in [5, 5.41) is 13.3. The van der Waals surface area contributed by atoms with Crippen molar-refractivity contribution in [3.63, 3.8) is 0 Å². The summed E-state index contributed by atoms with van der Waals surface area (Å²) in [6, 6.07) is 59.2. The minimum atomic E-state index is 1.23. The first-order valence-corrected chi connectivity index (χ1v) is 17.6. The molecule has 0 aliphatic heterocycles. The quantitative estimate of drug-likeness (QED) is 0.134. The first kappa shape index (κ1) is 27.7. The molecule has 50 heavy (non-hydrogen) atoms. The van der Waals surface area contributed by atoms with Crippen LogP contribution in [0, 0.1) is 13.8 Å². The monoisotopic (exact) mass is 632 g/mol. The molecule has 10 aromatic rings. The third-order valence-corrected chi connectivity index (χ3v) is 11.3. The van der Waals surface area contributed by atoms with Crippen molar-refractivity contribution >= 4 is 53.9 Å². The predicted octanol–water partition coefficient (Wildman–Crippen LogP) is 14.2. The molecular formula is C50H32. The minimum Gasteiger partial charge on any atom is -0.0622 e.